The molecule has 2 fully saturated rings. The van der Waals surface area contributed by atoms with Gasteiger partial charge in [0.15, 0.2) is 5.75 Å². The van der Waals surface area contributed by atoms with Crippen LogP contribution in [0.2, 0.25) is 0 Å². The van der Waals surface area contributed by atoms with Crippen LogP contribution in [-0.2, 0) is 6.54 Å². The Balaban J connectivity index is 1.89. The minimum atomic E-state index is 0.178. The monoisotopic (exact) mass is 250 g/mol. The third kappa shape index (κ3) is 1.65. The lowest BCUT2D eigenvalue weighted by atomic mass is 10.0. The van der Waals surface area contributed by atoms with E-state index < -0.39 is 0 Å². The highest BCUT2D eigenvalue weighted by atomic mass is 16.5. The summed E-state index contributed by atoms with van der Waals surface area (Å²) in [6.07, 6.45) is 5.89. The van der Waals surface area contributed by atoms with Crippen molar-refractivity contribution in [2.45, 2.75) is 38.8 Å². The zero-order valence-electron chi connectivity index (χ0n) is 11.1. The largest absolute Gasteiger partial charge is 0.493 e. The lowest BCUT2D eigenvalue weighted by Gasteiger charge is -2.20. The molecule has 18 heavy (non-hydrogen) atoms. The molecule has 0 spiro atoms. The molecule has 0 radical (unpaired) electrons. The number of hydrogen-bond acceptors (Lipinski definition) is 4. The Morgan fingerprint density at radius 1 is 1.56 bits per heavy atom. The van der Waals surface area contributed by atoms with Crippen molar-refractivity contribution < 1.29 is 4.74 Å². The van der Waals surface area contributed by atoms with Crippen LogP contribution in [-0.4, -0.2) is 16.9 Å². The minimum absolute atomic E-state index is 0.178. The predicted octanol–water partition coefficient (Wildman–Crippen LogP) is 1.46. The highest BCUT2D eigenvalue weighted by Gasteiger charge is 2.57. The van der Waals surface area contributed by atoms with E-state index in [0.29, 0.717) is 5.92 Å². The lowest BCUT2D eigenvalue weighted by molar-refractivity contribution is 0.362. The summed E-state index contributed by atoms with van der Waals surface area (Å²) < 4.78 is 7.43. The number of ether oxygens (including phenoxy) is 1. The van der Waals surface area contributed by atoms with E-state index in [9.17, 15) is 0 Å². The predicted molar refractivity (Wildman–Crippen MR) is 68.8 cm³/mol. The van der Waals surface area contributed by atoms with Gasteiger partial charge in [0.25, 0.3) is 0 Å². The van der Waals surface area contributed by atoms with Crippen LogP contribution >= 0.6 is 0 Å². The summed E-state index contributed by atoms with van der Waals surface area (Å²) in [4.78, 5) is 0. The molecule has 5 heteroatoms. The molecule has 0 aromatic carbocycles. The van der Waals surface area contributed by atoms with Crippen LogP contribution in [0.15, 0.2) is 6.20 Å². The summed E-state index contributed by atoms with van der Waals surface area (Å²) in [6.45, 7) is 2.94. The van der Waals surface area contributed by atoms with E-state index in [1.165, 1.54) is 19.3 Å². The molecule has 1 aromatic heterocycles. The quantitative estimate of drug-likeness (QED) is 0.613. The lowest BCUT2D eigenvalue weighted by Crippen LogP contribution is -2.32. The first kappa shape index (κ1) is 12.0. The van der Waals surface area contributed by atoms with Gasteiger partial charge in [-0.25, -0.2) is 0 Å². The number of hydrogen-bond donors (Lipinski definition) is 2. The molecule has 3 unspecified atom stereocenters. The number of fused-ring (bicyclic) bond motifs is 1. The van der Waals surface area contributed by atoms with Crippen LogP contribution in [0.25, 0.3) is 0 Å². The van der Waals surface area contributed by atoms with E-state index in [0.717, 1.165) is 29.8 Å². The van der Waals surface area contributed by atoms with Gasteiger partial charge in [-0.15, -0.1) is 0 Å². The van der Waals surface area contributed by atoms with Gasteiger partial charge < -0.3 is 4.74 Å². The average Bonchev–Trinajstić information content (AvgIpc) is 2.81. The SMILES string of the molecule is CCn1ncc(OC)c1C(NN)C1C2CCCC21. The van der Waals surface area contributed by atoms with Gasteiger partial charge in [-0.1, -0.05) is 6.42 Å². The molecule has 5 nitrogen and oxygen atoms in total. The summed E-state index contributed by atoms with van der Waals surface area (Å²) >= 11 is 0. The van der Waals surface area contributed by atoms with Gasteiger partial charge in [-0.3, -0.25) is 16.0 Å². The van der Waals surface area contributed by atoms with Crippen molar-refractivity contribution in [2.24, 2.45) is 23.6 Å². The summed E-state index contributed by atoms with van der Waals surface area (Å²) in [6, 6.07) is 0.178. The minimum Gasteiger partial charge on any atom is -0.493 e. The van der Waals surface area contributed by atoms with E-state index >= 15 is 0 Å². The fourth-order valence-electron chi connectivity index (χ4n) is 3.84. The van der Waals surface area contributed by atoms with Gasteiger partial charge in [0, 0.05) is 6.54 Å². The maximum atomic E-state index is 5.81. The second-order valence-corrected chi connectivity index (χ2v) is 5.39. The topological polar surface area (TPSA) is 65.1 Å². The highest BCUT2D eigenvalue weighted by Crippen LogP contribution is 2.62. The van der Waals surface area contributed by atoms with Crippen molar-refractivity contribution in [3.63, 3.8) is 0 Å². The Morgan fingerprint density at radius 2 is 2.28 bits per heavy atom. The van der Waals surface area contributed by atoms with E-state index in [2.05, 4.69) is 17.4 Å². The molecule has 0 aliphatic heterocycles. The second-order valence-electron chi connectivity index (χ2n) is 5.39. The molecule has 100 valence electrons. The van der Waals surface area contributed by atoms with Crippen LogP contribution in [0, 0.1) is 17.8 Å². The third-order valence-electron chi connectivity index (χ3n) is 4.70. The van der Waals surface area contributed by atoms with Gasteiger partial charge in [0.05, 0.1) is 25.0 Å². The fourth-order valence-corrected chi connectivity index (χ4v) is 3.84. The maximum Gasteiger partial charge on any atom is 0.161 e. The number of hydrazine groups is 1. The zero-order valence-corrected chi connectivity index (χ0v) is 11.1. The first-order valence-electron chi connectivity index (χ1n) is 6.87. The van der Waals surface area contributed by atoms with Crippen molar-refractivity contribution in [2.75, 3.05) is 7.11 Å². The smallest absolute Gasteiger partial charge is 0.161 e. The Bertz CT molecular complexity index is 399. The second kappa shape index (κ2) is 4.55. The van der Waals surface area contributed by atoms with Gasteiger partial charge in [0.2, 0.25) is 0 Å². The van der Waals surface area contributed by atoms with Crippen molar-refractivity contribution in [3.05, 3.63) is 11.9 Å². The van der Waals surface area contributed by atoms with Gasteiger partial charge in [-0.2, -0.15) is 5.10 Å². The molecule has 0 amide bonds. The number of aromatic nitrogens is 2. The zero-order chi connectivity index (χ0) is 12.7. The fraction of sp³-hybridized carbons (Fsp3) is 0.769. The van der Waals surface area contributed by atoms with E-state index in [1.54, 1.807) is 13.3 Å². The van der Waals surface area contributed by atoms with Gasteiger partial charge >= 0.3 is 0 Å². The van der Waals surface area contributed by atoms with Crippen molar-refractivity contribution in [1.29, 1.82) is 0 Å². The van der Waals surface area contributed by atoms with Crippen LogP contribution in [0.1, 0.15) is 37.9 Å². The van der Waals surface area contributed by atoms with Crippen molar-refractivity contribution in [1.82, 2.24) is 15.2 Å². The van der Waals surface area contributed by atoms with E-state index in [-0.39, 0.29) is 6.04 Å². The number of methoxy groups -OCH3 is 1. The Hall–Kier alpha value is -1.07. The maximum absolute atomic E-state index is 5.81. The molecule has 1 aromatic rings. The molecule has 3 N–H and O–H groups in total. The van der Waals surface area contributed by atoms with Crippen molar-refractivity contribution in [3.8, 4) is 5.75 Å². The van der Waals surface area contributed by atoms with Crippen LogP contribution in [0.4, 0.5) is 0 Å². The molecule has 2 aliphatic rings. The molecular weight excluding hydrogens is 228 g/mol. The molecule has 3 rings (SSSR count). The summed E-state index contributed by atoms with van der Waals surface area (Å²) in [7, 11) is 1.70. The number of nitrogens with two attached hydrogens (primary N) is 1. The third-order valence-corrected chi connectivity index (χ3v) is 4.70. The average molecular weight is 250 g/mol. The molecule has 2 saturated carbocycles. The number of nitrogens with one attached hydrogen (secondary N) is 1. The Kier molecular flexibility index (Phi) is 3.03. The molecular formula is C13H22N4O. The first-order valence-corrected chi connectivity index (χ1v) is 6.87. The van der Waals surface area contributed by atoms with Gasteiger partial charge in [-0.05, 0) is 37.5 Å². The van der Waals surface area contributed by atoms with E-state index in [1.807, 2.05) is 4.68 Å². The standard InChI is InChI=1S/C13H22N4O/c1-3-17-13(10(18-2)7-15-17)12(16-14)11-8-5-4-6-9(8)11/h7-9,11-12,16H,3-6,14H2,1-2H3. The summed E-state index contributed by atoms with van der Waals surface area (Å²) in [5.41, 5.74) is 4.12. The highest BCUT2D eigenvalue weighted by molar-refractivity contribution is 5.31. The first-order chi connectivity index (χ1) is 8.81. The normalized spacial score (nSPS) is 31.2. The number of rotatable bonds is 5. The van der Waals surface area contributed by atoms with Crippen LogP contribution in [0.3, 0.4) is 0 Å². The molecule has 1 heterocycles. The van der Waals surface area contributed by atoms with Gasteiger partial charge in [0.1, 0.15) is 0 Å². The number of aryl methyl sites for hydroxylation is 1. The molecule has 0 saturated heterocycles. The van der Waals surface area contributed by atoms with Crippen LogP contribution in [0.5, 0.6) is 5.75 Å². The Labute approximate surface area is 108 Å². The molecule has 0 bridgehead atoms. The molecule has 3 atom stereocenters. The van der Waals surface area contributed by atoms with Crippen LogP contribution < -0.4 is 16.0 Å². The van der Waals surface area contributed by atoms with E-state index in [4.69, 9.17) is 10.6 Å². The van der Waals surface area contributed by atoms with Crippen molar-refractivity contribution >= 4 is 0 Å². The summed E-state index contributed by atoms with van der Waals surface area (Å²) in [5.74, 6) is 9.04. The Morgan fingerprint density at radius 3 is 2.83 bits per heavy atom. The number of nitrogens with zero attached hydrogens (tertiary/aromatic N) is 2. The summed E-state index contributed by atoms with van der Waals surface area (Å²) in [5, 5.41) is 4.37. The molecule has 2 aliphatic carbocycles.